The summed E-state index contributed by atoms with van der Waals surface area (Å²) in [6.45, 7) is 3.02. The number of carbonyl (C=O) groups is 4. The molecule has 26 heavy (non-hydrogen) atoms. The van der Waals surface area contributed by atoms with Crippen LogP contribution in [0.4, 0.5) is 0 Å². The highest BCUT2D eigenvalue weighted by atomic mass is 32.1. The first-order valence-corrected chi connectivity index (χ1v) is 8.91. The van der Waals surface area contributed by atoms with Crippen LogP contribution in [-0.4, -0.2) is 81.4 Å². The van der Waals surface area contributed by atoms with Gasteiger partial charge in [-0.2, -0.15) is 12.6 Å². The van der Waals surface area contributed by atoms with E-state index in [1.54, 1.807) is 0 Å². The lowest BCUT2D eigenvalue weighted by molar-refractivity contribution is -0.147. The zero-order valence-electron chi connectivity index (χ0n) is 14.7. The Kier molecular flexibility index (Phi) is 8.31. The third-order valence-electron chi connectivity index (χ3n) is 4.10. The summed E-state index contributed by atoms with van der Waals surface area (Å²) in [7, 11) is 0. The van der Waals surface area contributed by atoms with Gasteiger partial charge in [-0.1, -0.05) is 0 Å². The molecule has 1 fully saturated rings. The first-order valence-electron chi connectivity index (χ1n) is 8.28. The molecule has 1 heterocycles. The van der Waals surface area contributed by atoms with Crippen molar-refractivity contribution in [3.8, 4) is 0 Å². The molecule has 0 radical (unpaired) electrons. The molecule has 5 atom stereocenters. The van der Waals surface area contributed by atoms with Gasteiger partial charge in [0.1, 0.15) is 12.1 Å². The largest absolute Gasteiger partial charge is 0.480 e. The zero-order chi connectivity index (χ0) is 20.0. The fourth-order valence-electron chi connectivity index (χ4n) is 2.63. The van der Waals surface area contributed by atoms with Crippen LogP contribution in [0.25, 0.3) is 0 Å². The molecule has 6 N–H and O–H groups in total. The van der Waals surface area contributed by atoms with Gasteiger partial charge in [0, 0.05) is 12.3 Å². The highest BCUT2D eigenvalue weighted by Crippen LogP contribution is 2.19. The van der Waals surface area contributed by atoms with E-state index in [1.807, 2.05) is 0 Å². The molecule has 0 aromatic heterocycles. The van der Waals surface area contributed by atoms with Crippen LogP contribution >= 0.6 is 12.6 Å². The second kappa shape index (κ2) is 9.74. The van der Waals surface area contributed by atoms with E-state index >= 15 is 0 Å². The maximum Gasteiger partial charge on any atom is 0.328 e. The van der Waals surface area contributed by atoms with Crippen molar-refractivity contribution in [1.82, 2.24) is 15.5 Å². The SMILES string of the molecule is CC(N)C(=O)NC(CS)C(=O)N1CCCC1C(=O)NC(C(=O)O)C(C)O. The monoisotopic (exact) mass is 390 g/mol. The number of aliphatic carboxylic acids is 1. The van der Waals surface area contributed by atoms with Gasteiger partial charge in [-0.3, -0.25) is 14.4 Å². The van der Waals surface area contributed by atoms with E-state index in [0.29, 0.717) is 19.4 Å². The van der Waals surface area contributed by atoms with Crippen molar-refractivity contribution in [3.63, 3.8) is 0 Å². The second-order valence-corrected chi connectivity index (χ2v) is 6.65. The van der Waals surface area contributed by atoms with Gasteiger partial charge < -0.3 is 31.5 Å². The van der Waals surface area contributed by atoms with E-state index in [1.165, 1.54) is 18.7 Å². The van der Waals surface area contributed by atoms with Gasteiger partial charge in [0.25, 0.3) is 0 Å². The summed E-state index contributed by atoms with van der Waals surface area (Å²) in [5.41, 5.74) is 5.47. The molecule has 148 valence electrons. The van der Waals surface area contributed by atoms with Crippen LogP contribution in [0.5, 0.6) is 0 Å². The van der Waals surface area contributed by atoms with Crippen LogP contribution < -0.4 is 16.4 Å². The third kappa shape index (κ3) is 5.58. The summed E-state index contributed by atoms with van der Waals surface area (Å²) < 4.78 is 0. The number of carboxylic acids is 1. The molecule has 10 nitrogen and oxygen atoms in total. The summed E-state index contributed by atoms with van der Waals surface area (Å²) in [5, 5.41) is 23.3. The number of hydrogen-bond donors (Lipinski definition) is 6. The van der Waals surface area contributed by atoms with E-state index in [2.05, 4.69) is 23.3 Å². The predicted molar refractivity (Wildman–Crippen MR) is 95.4 cm³/mol. The molecule has 0 aromatic carbocycles. The Bertz CT molecular complexity index is 556. The number of nitrogens with zero attached hydrogens (tertiary/aromatic N) is 1. The highest BCUT2D eigenvalue weighted by molar-refractivity contribution is 7.80. The third-order valence-corrected chi connectivity index (χ3v) is 4.46. The number of hydrogen-bond acceptors (Lipinski definition) is 7. The van der Waals surface area contributed by atoms with E-state index in [4.69, 9.17) is 10.8 Å². The number of carbonyl (C=O) groups excluding carboxylic acids is 3. The number of rotatable bonds is 8. The van der Waals surface area contributed by atoms with Crippen molar-refractivity contribution in [3.05, 3.63) is 0 Å². The van der Waals surface area contributed by atoms with E-state index in [-0.39, 0.29) is 5.75 Å². The molecule has 5 unspecified atom stereocenters. The Hall–Kier alpha value is -1.85. The molecule has 0 aliphatic carbocycles. The summed E-state index contributed by atoms with van der Waals surface area (Å²) in [5.74, 6) is -3.02. The summed E-state index contributed by atoms with van der Waals surface area (Å²) in [4.78, 5) is 49.2. The lowest BCUT2D eigenvalue weighted by atomic mass is 10.1. The summed E-state index contributed by atoms with van der Waals surface area (Å²) in [6.07, 6.45) is -0.390. The molecule has 0 aromatic rings. The average molecular weight is 390 g/mol. The number of aliphatic hydroxyl groups excluding tert-OH is 1. The molecular formula is C15H26N4O6S. The molecule has 1 saturated heterocycles. The predicted octanol–water partition coefficient (Wildman–Crippen LogP) is -2.31. The number of nitrogens with one attached hydrogen (secondary N) is 2. The van der Waals surface area contributed by atoms with Crippen LogP contribution in [0.1, 0.15) is 26.7 Å². The van der Waals surface area contributed by atoms with Gasteiger partial charge in [-0.05, 0) is 26.7 Å². The minimum absolute atomic E-state index is 0.0214. The van der Waals surface area contributed by atoms with Gasteiger partial charge in [-0.25, -0.2) is 4.79 Å². The van der Waals surface area contributed by atoms with E-state index < -0.39 is 54.0 Å². The van der Waals surface area contributed by atoms with E-state index in [0.717, 1.165) is 0 Å². The maximum absolute atomic E-state index is 12.7. The maximum atomic E-state index is 12.7. The van der Waals surface area contributed by atoms with Gasteiger partial charge in [0.05, 0.1) is 12.1 Å². The number of thiol groups is 1. The Labute approximate surface area is 156 Å². The Morgan fingerprint density at radius 3 is 2.35 bits per heavy atom. The second-order valence-electron chi connectivity index (χ2n) is 6.29. The molecule has 3 amide bonds. The molecule has 11 heteroatoms. The highest BCUT2D eigenvalue weighted by Gasteiger charge is 2.39. The fourth-order valence-corrected chi connectivity index (χ4v) is 2.88. The van der Waals surface area contributed by atoms with Gasteiger partial charge >= 0.3 is 5.97 Å². The van der Waals surface area contributed by atoms with Crippen LogP contribution in [0.2, 0.25) is 0 Å². The van der Waals surface area contributed by atoms with Crippen molar-refractivity contribution in [2.45, 2.75) is 57.0 Å². The topological polar surface area (TPSA) is 162 Å². The molecule has 1 aliphatic heterocycles. The lowest BCUT2D eigenvalue weighted by Crippen LogP contribution is -2.58. The standard InChI is InChI=1S/C15H26N4O6S/c1-7(16)12(21)17-9(6-26)14(23)19-5-3-4-10(19)13(22)18-11(8(2)20)15(24)25/h7-11,20,26H,3-6,16H2,1-2H3,(H,17,21)(H,18,22)(H,24,25). The number of carboxylic acid groups (broad SMARTS) is 1. The van der Waals surface area contributed by atoms with E-state index in [9.17, 15) is 24.3 Å². The molecule has 0 spiro atoms. The zero-order valence-corrected chi connectivity index (χ0v) is 15.6. The fraction of sp³-hybridized carbons (Fsp3) is 0.733. The van der Waals surface area contributed by atoms with Crippen molar-refractivity contribution in [1.29, 1.82) is 0 Å². The minimum Gasteiger partial charge on any atom is -0.480 e. The van der Waals surface area contributed by atoms with Crippen molar-refractivity contribution >= 4 is 36.3 Å². The average Bonchev–Trinajstić information content (AvgIpc) is 3.05. The molecule has 1 rings (SSSR count). The number of amides is 3. The van der Waals surface area contributed by atoms with Gasteiger partial charge in [0.2, 0.25) is 17.7 Å². The Morgan fingerprint density at radius 1 is 1.27 bits per heavy atom. The van der Waals surface area contributed by atoms with Gasteiger partial charge in [-0.15, -0.1) is 0 Å². The molecule has 0 bridgehead atoms. The molecular weight excluding hydrogens is 364 g/mol. The Morgan fingerprint density at radius 2 is 1.88 bits per heavy atom. The lowest BCUT2D eigenvalue weighted by Gasteiger charge is -2.29. The molecule has 0 saturated carbocycles. The smallest absolute Gasteiger partial charge is 0.328 e. The number of nitrogens with two attached hydrogens (primary N) is 1. The number of aliphatic hydroxyl groups is 1. The van der Waals surface area contributed by atoms with Gasteiger partial charge in [0.15, 0.2) is 6.04 Å². The first kappa shape index (κ1) is 22.2. The van der Waals surface area contributed by atoms with Crippen molar-refractivity contribution in [2.24, 2.45) is 5.73 Å². The van der Waals surface area contributed by atoms with Crippen molar-refractivity contribution < 1.29 is 29.4 Å². The number of likely N-dealkylation sites (tertiary alicyclic amines) is 1. The summed E-state index contributed by atoms with van der Waals surface area (Å²) in [6, 6.07) is -4.10. The Balaban J connectivity index is 2.84. The van der Waals surface area contributed by atoms with Crippen LogP contribution in [-0.2, 0) is 19.2 Å². The van der Waals surface area contributed by atoms with Crippen LogP contribution in [0, 0.1) is 0 Å². The van der Waals surface area contributed by atoms with Crippen molar-refractivity contribution in [2.75, 3.05) is 12.3 Å². The minimum atomic E-state index is -1.47. The van der Waals surface area contributed by atoms with Crippen LogP contribution in [0.3, 0.4) is 0 Å². The quantitative estimate of drug-likeness (QED) is 0.254. The summed E-state index contributed by atoms with van der Waals surface area (Å²) >= 11 is 4.07. The first-order chi connectivity index (χ1) is 12.1. The normalized spacial score (nSPS) is 21.4. The molecule has 1 aliphatic rings. The van der Waals surface area contributed by atoms with Crippen LogP contribution in [0.15, 0.2) is 0 Å².